The van der Waals surface area contributed by atoms with Crippen LogP contribution < -0.4 is 5.73 Å². The molecule has 16 heavy (non-hydrogen) atoms. The zero-order valence-corrected chi connectivity index (χ0v) is 9.33. The van der Waals surface area contributed by atoms with Gasteiger partial charge in [-0.1, -0.05) is 6.07 Å². The third-order valence-electron chi connectivity index (χ3n) is 2.22. The third-order valence-corrected chi connectivity index (χ3v) is 2.22. The van der Waals surface area contributed by atoms with E-state index in [1.54, 1.807) is 13.0 Å². The number of nitrogens with two attached hydrogens (primary N) is 1. The SMILES string of the molecule is Cc1cc(F)ccc1CC(=O)COCCN. The van der Waals surface area contributed by atoms with Crippen molar-refractivity contribution in [1.82, 2.24) is 0 Å². The fourth-order valence-electron chi connectivity index (χ4n) is 1.39. The summed E-state index contributed by atoms with van der Waals surface area (Å²) in [5.41, 5.74) is 6.85. The number of carbonyl (C=O) groups excluding carboxylic acids is 1. The van der Waals surface area contributed by atoms with E-state index in [2.05, 4.69) is 0 Å². The van der Waals surface area contributed by atoms with E-state index in [9.17, 15) is 9.18 Å². The summed E-state index contributed by atoms with van der Waals surface area (Å²) in [5.74, 6) is -0.309. The molecule has 0 saturated carbocycles. The summed E-state index contributed by atoms with van der Waals surface area (Å²) in [4.78, 5) is 11.5. The Morgan fingerprint density at radius 3 is 2.88 bits per heavy atom. The molecular weight excluding hydrogens is 209 g/mol. The first-order valence-electron chi connectivity index (χ1n) is 5.18. The highest BCUT2D eigenvalue weighted by molar-refractivity contribution is 5.82. The lowest BCUT2D eigenvalue weighted by molar-refractivity contribution is -0.122. The van der Waals surface area contributed by atoms with E-state index in [4.69, 9.17) is 10.5 Å². The van der Waals surface area contributed by atoms with Crippen LogP contribution in [0.15, 0.2) is 18.2 Å². The zero-order valence-electron chi connectivity index (χ0n) is 9.33. The Hall–Kier alpha value is -1.26. The van der Waals surface area contributed by atoms with Crippen LogP contribution in [0.1, 0.15) is 11.1 Å². The minimum atomic E-state index is -0.284. The van der Waals surface area contributed by atoms with E-state index >= 15 is 0 Å². The van der Waals surface area contributed by atoms with Crippen molar-refractivity contribution in [2.75, 3.05) is 19.8 Å². The van der Waals surface area contributed by atoms with Crippen LogP contribution in [0.3, 0.4) is 0 Å². The van der Waals surface area contributed by atoms with Gasteiger partial charge in [-0.25, -0.2) is 4.39 Å². The largest absolute Gasteiger partial charge is 0.372 e. The number of aryl methyl sites for hydroxylation is 1. The van der Waals surface area contributed by atoms with Crippen LogP contribution in [0.5, 0.6) is 0 Å². The quantitative estimate of drug-likeness (QED) is 0.741. The van der Waals surface area contributed by atoms with Gasteiger partial charge in [0.05, 0.1) is 6.61 Å². The lowest BCUT2D eigenvalue weighted by atomic mass is 10.0. The van der Waals surface area contributed by atoms with Crippen LogP contribution in [0.25, 0.3) is 0 Å². The molecule has 0 radical (unpaired) electrons. The molecule has 0 aromatic heterocycles. The van der Waals surface area contributed by atoms with Gasteiger partial charge in [-0.2, -0.15) is 0 Å². The maximum absolute atomic E-state index is 12.8. The molecule has 1 aromatic carbocycles. The van der Waals surface area contributed by atoms with Gasteiger partial charge in [-0.3, -0.25) is 4.79 Å². The molecule has 0 aliphatic heterocycles. The Balaban J connectivity index is 2.49. The number of carbonyl (C=O) groups is 1. The molecule has 0 bridgehead atoms. The number of hydrogen-bond donors (Lipinski definition) is 1. The topological polar surface area (TPSA) is 52.3 Å². The first-order chi connectivity index (χ1) is 7.63. The second-order valence-electron chi connectivity index (χ2n) is 3.63. The fraction of sp³-hybridized carbons (Fsp3) is 0.417. The Morgan fingerprint density at radius 2 is 2.25 bits per heavy atom. The molecule has 0 fully saturated rings. The number of ketones is 1. The average Bonchev–Trinajstić information content (AvgIpc) is 2.23. The van der Waals surface area contributed by atoms with Crippen molar-refractivity contribution in [3.8, 4) is 0 Å². The van der Waals surface area contributed by atoms with Crippen molar-refractivity contribution in [3.63, 3.8) is 0 Å². The van der Waals surface area contributed by atoms with Gasteiger partial charge in [-0.15, -0.1) is 0 Å². The molecule has 0 saturated heterocycles. The van der Waals surface area contributed by atoms with E-state index in [1.165, 1.54) is 12.1 Å². The van der Waals surface area contributed by atoms with Gasteiger partial charge in [-0.05, 0) is 30.2 Å². The highest BCUT2D eigenvalue weighted by Gasteiger charge is 2.06. The van der Waals surface area contributed by atoms with Gasteiger partial charge in [0.1, 0.15) is 12.4 Å². The van der Waals surface area contributed by atoms with Crippen molar-refractivity contribution in [2.45, 2.75) is 13.3 Å². The average molecular weight is 225 g/mol. The van der Waals surface area contributed by atoms with Crippen molar-refractivity contribution in [3.05, 3.63) is 35.1 Å². The molecule has 1 rings (SSSR count). The summed E-state index contributed by atoms with van der Waals surface area (Å²) in [5, 5.41) is 0. The zero-order chi connectivity index (χ0) is 12.0. The molecule has 0 heterocycles. The minimum Gasteiger partial charge on any atom is -0.372 e. The molecule has 0 atom stereocenters. The Bertz CT molecular complexity index is 366. The smallest absolute Gasteiger partial charge is 0.162 e. The van der Waals surface area contributed by atoms with Crippen LogP contribution in [-0.2, 0) is 16.0 Å². The predicted octanol–water partition coefficient (Wildman–Crippen LogP) is 1.22. The van der Waals surface area contributed by atoms with Crippen LogP contribution >= 0.6 is 0 Å². The van der Waals surface area contributed by atoms with Gasteiger partial charge < -0.3 is 10.5 Å². The number of Topliss-reactive ketones (excluding diaryl/α,β-unsaturated/α-hetero) is 1. The maximum atomic E-state index is 12.8. The van der Waals surface area contributed by atoms with Crippen LogP contribution in [0, 0.1) is 12.7 Å². The van der Waals surface area contributed by atoms with Crippen LogP contribution in [0.2, 0.25) is 0 Å². The standard InChI is InChI=1S/C12H16FNO2/c1-9-6-11(13)3-2-10(9)7-12(15)8-16-5-4-14/h2-3,6H,4-5,7-8,14H2,1H3. The molecule has 88 valence electrons. The van der Waals surface area contributed by atoms with Crippen molar-refractivity contribution < 1.29 is 13.9 Å². The summed E-state index contributed by atoms with van der Waals surface area (Å²) >= 11 is 0. The molecule has 0 amide bonds. The predicted molar refractivity (Wildman–Crippen MR) is 59.7 cm³/mol. The van der Waals surface area contributed by atoms with E-state index in [1.807, 2.05) is 0 Å². The lowest BCUT2D eigenvalue weighted by Gasteiger charge is -2.05. The molecule has 1 aromatic rings. The van der Waals surface area contributed by atoms with Crippen LogP contribution in [-0.4, -0.2) is 25.5 Å². The maximum Gasteiger partial charge on any atom is 0.162 e. The Morgan fingerprint density at radius 1 is 1.50 bits per heavy atom. The van der Waals surface area contributed by atoms with E-state index < -0.39 is 0 Å². The highest BCUT2D eigenvalue weighted by atomic mass is 19.1. The minimum absolute atomic E-state index is 0.0249. The van der Waals surface area contributed by atoms with Crippen LogP contribution in [0.4, 0.5) is 4.39 Å². The normalized spacial score (nSPS) is 10.4. The molecular formula is C12H16FNO2. The summed E-state index contributed by atoms with van der Waals surface area (Å²) < 4.78 is 17.8. The second-order valence-corrected chi connectivity index (χ2v) is 3.63. The lowest BCUT2D eigenvalue weighted by Crippen LogP contribution is -2.16. The van der Waals surface area contributed by atoms with Crippen molar-refractivity contribution in [1.29, 1.82) is 0 Å². The highest BCUT2D eigenvalue weighted by Crippen LogP contribution is 2.11. The van der Waals surface area contributed by atoms with Gasteiger partial charge in [0.2, 0.25) is 0 Å². The Kier molecular flexibility index (Phi) is 5.08. The summed E-state index contributed by atoms with van der Waals surface area (Å²) in [7, 11) is 0. The summed E-state index contributed by atoms with van der Waals surface area (Å²) in [6, 6.07) is 4.41. The van der Waals surface area contributed by atoms with Crippen molar-refractivity contribution in [2.24, 2.45) is 5.73 Å². The molecule has 3 nitrogen and oxygen atoms in total. The molecule has 0 aliphatic carbocycles. The number of hydrogen-bond acceptors (Lipinski definition) is 3. The monoisotopic (exact) mass is 225 g/mol. The molecule has 0 spiro atoms. The second kappa shape index (κ2) is 6.35. The molecule has 0 aliphatic rings. The molecule has 4 heteroatoms. The first-order valence-corrected chi connectivity index (χ1v) is 5.18. The fourth-order valence-corrected chi connectivity index (χ4v) is 1.39. The summed E-state index contributed by atoms with van der Waals surface area (Å²) in [6.07, 6.45) is 0.274. The Labute approximate surface area is 94.4 Å². The van der Waals surface area contributed by atoms with Gasteiger partial charge in [0, 0.05) is 13.0 Å². The number of halogens is 1. The molecule has 0 unspecified atom stereocenters. The first kappa shape index (κ1) is 12.8. The molecule has 2 N–H and O–H groups in total. The van der Waals surface area contributed by atoms with E-state index in [0.29, 0.717) is 13.2 Å². The van der Waals surface area contributed by atoms with Gasteiger partial charge >= 0.3 is 0 Å². The van der Waals surface area contributed by atoms with E-state index in [-0.39, 0.29) is 24.6 Å². The van der Waals surface area contributed by atoms with Crippen molar-refractivity contribution >= 4 is 5.78 Å². The van der Waals surface area contributed by atoms with Gasteiger partial charge in [0.15, 0.2) is 5.78 Å². The number of benzene rings is 1. The number of ether oxygens (including phenoxy) is 1. The number of rotatable bonds is 6. The van der Waals surface area contributed by atoms with Gasteiger partial charge in [0.25, 0.3) is 0 Å². The van der Waals surface area contributed by atoms with E-state index in [0.717, 1.165) is 11.1 Å². The summed E-state index contributed by atoms with van der Waals surface area (Å²) in [6.45, 7) is 2.64. The third kappa shape index (κ3) is 4.08.